The molecule has 0 heterocycles. The highest BCUT2D eigenvalue weighted by molar-refractivity contribution is 5.81. The molecule has 116 valence electrons. The zero-order valence-electron chi connectivity index (χ0n) is 12.8. The normalized spacial score (nSPS) is 10.8. The monoisotopic (exact) mass is 293 g/mol. The highest BCUT2D eigenvalue weighted by Gasteiger charge is 2.16. The van der Waals surface area contributed by atoms with Gasteiger partial charge in [0, 0.05) is 6.42 Å². The van der Waals surface area contributed by atoms with Crippen molar-refractivity contribution in [1.29, 1.82) is 0 Å². The largest absolute Gasteiger partial charge is 0.492 e. The quantitative estimate of drug-likeness (QED) is 0.619. The van der Waals surface area contributed by atoms with Crippen LogP contribution in [0.4, 0.5) is 0 Å². The summed E-state index contributed by atoms with van der Waals surface area (Å²) in [6.45, 7) is 6.19. The number of carbonyl (C=O) groups is 2. The maximum atomic E-state index is 11.5. The van der Waals surface area contributed by atoms with Crippen LogP contribution in [0.2, 0.25) is 0 Å². The fraction of sp³-hybridized carbons (Fsp3) is 0.500. The summed E-state index contributed by atoms with van der Waals surface area (Å²) in [5.41, 5.74) is -0.517. The molecular weight excluding hydrogens is 270 g/mol. The van der Waals surface area contributed by atoms with Crippen LogP contribution in [-0.2, 0) is 14.3 Å². The fourth-order valence-corrected chi connectivity index (χ4v) is 1.57. The summed E-state index contributed by atoms with van der Waals surface area (Å²) >= 11 is 0. The lowest BCUT2D eigenvalue weighted by molar-refractivity contribution is -0.155. The topological polar surface area (TPSA) is 64.6 Å². The number of esters is 1. The Labute approximate surface area is 125 Å². The maximum Gasteiger partial charge on any atom is 0.306 e. The van der Waals surface area contributed by atoms with E-state index >= 15 is 0 Å². The molecule has 0 atom stereocenters. The second kappa shape index (κ2) is 8.29. The third kappa shape index (κ3) is 8.68. The first-order chi connectivity index (χ1) is 9.87. The second-order valence-corrected chi connectivity index (χ2v) is 5.60. The molecule has 0 radical (unpaired) electrons. The second-order valence-electron chi connectivity index (χ2n) is 5.60. The highest BCUT2D eigenvalue weighted by atomic mass is 16.6. The van der Waals surface area contributed by atoms with Gasteiger partial charge in [0.05, 0.1) is 13.0 Å². The number of rotatable bonds is 7. The predicted octanol–water partition coefficient (Wildman–Crippen LogP) is 2.30. The molecule has 0 aromatic heterocycles. The summed E-state index contributed by atoms with van der Waals surface area (Å²) < 4.78 is 10.6. The van der Waals surface area contributed by atoms with E-state index in [1.165, 1.54) is 0 Å². The smallest absolute Gasteiger partial charge is 0.306 e. The van der Waals surface area contributed by atoms with Gasteiger partial charge in [-0.25, -0.2) is 0 Å². The van der Waals surface area contributed by atoms with Crippen molar-refractivity contribution in [1.82, 2.24) is 5.32 Å². The zero-order chi connectivity index (χ0) is 15.7. The minimum atomic E-state index is -0.517. The van der Waals surface area contributed by atoms with E-state index in [9.17, 15) is 9.59 Å². The van der Waals surface area contributed by atoms with E-state index in [0.717, 1.165) is 5.75 Å². The van der Waals surface area contributed by atoms with E-state index in [-0.39, 0.29) is 24.7 Å². The molecule has 1 N–H and O–H groups in total. The van der Waals surface area contributed by atoms with Crippen LogP contribution in [0.15, 0.2) is 30.3 Å². The van der Waals surface area contributed by atoms with E-state index in [2.05, 4.69) is 5.32 Å². The number of benzene rings is 1. The van der Waals surface area contributed by atoms with Gasteiger partial charge in [0.15, 0.2) is 0 Å². The van der Waals surface area contributed by atoms with Crippen molar-refractivity contribution in [2.75, 3.05) is 13.2 Å². The molecule has 1 rings (SSSR count). The van der Waals surface area contributed by atoms with Crippen molar-refractivity contribution in [2.45, 2.75) is 39.2 Å². The van der Waals surface area contributed by atoms with Crippen LogP contribution >= 0.6 is 0 Å². The van der Waals surface area contributed by atoms with Gasteiger partial charge in [0.2, 0.25) is 5.91 Å². The first-order valence-corrected chi connectivity index (χ1v) is 7.03. The number of carbonyl (C=O) groups excluding carboxylic acids is 2. The van der Waals surface area contributed by atoms with Gasteiger partial charge in [0.25, 0.3) is 0 Å². The summed E-state index contributed by atoms with van der Waals surface area (Å²) in [5, 5.41) is 2.70. The Bertz CT molecular complexity index is 451. The lowest BCUT2D eigenvalue weighted by atomic mass is 10.2. The SMILES string of the molecule is CC(C)(C)OC(=O)CCC(=O)NCCOc1ccccc1. The third-order valence-electron chi connectivity index (χ3n) is 2.41. The van der Waals surface area contributed by atoms with E-state index in [4.69, 9.17) is 9.47 Å². The minimum Gasteiger partial charge on any atom is -0.492 e. The van der Waals surface area contributed by atoms with Gasteiger partial charge in [-0.1, -0.05) is 18.2 Å². The van der Waals surface area contributed by atoms with Crippen LogP contribution in [0.3, 0.4) is 0 Å². The Morgan fingerprint density at radius 3 is 2.38 bits per heavy atom. The summed E-state index contributed by atoms with van der Waals surface area (Å²) in [6.07, 6.45) is 0.211. The van der Waals surface area contributed by atoms with Crippen molar-refractivity contribution < 1.29 is 19.1 Å². The lowest BCUT2D eigenvalue weighted by Gasteiger charge is -2.19. The van der Waals surface area contributed by atoms with Gasteiger partial charge < -0.3 is 14.8 Å². The van der Waals surface area contributed by atoms with Crippen LogP contribution in [0.5, 0.6) is 5.75 Å². The molecule has 0 saturated heterocycles. The Hall–Kier alpha value is -2.04. The van der Waals surface area contributed by atoms with Crippen LogP contribution in [0, 0.1) is 0 Å². The van der Waals surface area contributed by atoms with Crippen LogP contribution in [-0.4, -0.2) is 30.6 Å². The highest BCUT2D eigenvalue weighted by Crippen LogP contribution is 2.09. The molecule has 1 aromatic rings. The van der Waals surface area contributed by atoms with Crippen molar-refractivity contribution in [3.63, 3.8) is 0 Å². The van der Waals surface area contributed by atoms with E-state index in [0.29, 0.717) is 13.2 Å². The van der Waals surface area contributed by atoms with Gasteiger partial charge in [-0.15, -0.1) is 0 Å². The number of para-hydroxylation sites is 1. The van der Waals surface area contributed by atoms with Crippen LogP contribution in [0.1, 0.15) is 33.6 Å². The molecule has 21 heavy (non-hydrogen) atoms. The average molecular weight is 293 g/mol. The molecule has 0 saturated carbocycles. The lowest BCUT2D eigenvalue weighted by Crippen LogP contribution is -2.29. The Morgan fingerprint density at radius 1 is 1.10 bits per heavy atom. The van der Waals surface area contributed by atoms with E-state index in [1.54, 1.807) is 20.8 Å². The van der Waals surface area contributed by atoms with E-state index < -0.39 is 5.60 Å². The number of ether oxygens (including phenoxy) is 2. The van der Waals surface area contributed by atoms with Crippen molar-refractivity contribution in [3.8, 4) is 5.75 Å². The van der Waals surface area contributed by atoms with Crippen molar-refractivity contribution in [3.05, 3.63) is 30.3 Å². The molecular formula is C16H23NO4. The minimum absolute atomic E-state index is 0.0860. The molecule has 1 amide bonds. The molecule has 0 aliphatic carbocycles. The number of amides is 1. The molecule has 0 spiro atoms. The number of hydrogen-bond acceptors (Lipinski definition) is 4. The summed E-state index contributed by atoms with van der Waals surface area (Å²) in [7, 11) is 0. The first-order valence-electron chi connectivity index (χ1n) is 7.03. The van der Waals surface area contributed by atoms with Crippen LogP contribution < -0.4 is 10.1 Å². The Morgan fingerprint density at radius 2 is 1.76 bits per heavy atom. The molecule has 0 unspecified atom stereocenters. The summed E-state index contributed by atoms with van der Waals surface area (Å²) in [6, 6.07) is 9.38. The molecule has 0 aliphatic rings. The van der Waals surface area contributed by atoms with E-state index in [1.807, 2.05) is 30.3 Å². The molecule has 0 bridgehead atoms. The molecule has 5 nitrogen and oxygen atoms in total. The molecule has 0 aliphatic heterocycles. The van der Waals surface area contributed by atoms with Crippen LogP contribution in [0.25, 0.3) is 0 Å². The molecule has 1 aromatic carbocycles. The Balaban J connectivity index is 2.10. The molecule has 5 heteroatoms. The molecule has 0 fully saturated rings. The van der Waals surface area contributed by atoms with Gasteiger partial charge in [0.1, 0.15) is 18.0 Å². The predicted molar refractivity (Wildman–Crippen MR) is 80.0 cm³/mol. The average Bonchev–Trinajstić information content (AvgIpc) is 2.41. The maximum absolute atomic E-state index is 11.5. The van der Waals surface area contributed by atoms with Gasteiger partial charge in [-0.3, -0.25) is 9.59 Å². The van der Waals surface area contributed by atoms with Crippen molar-refractivity contribution in [2.24, 2.45) is 0 Å². The standard InChI is InChI=1S/C16H23NO4/c1-16(2,3)21-15(19)10-9-14(18)17-11-12-20-13-7-5-4-6-8-13/h4-8H,9-12H2,1-3H3,(H,17,18). The van der Waals surface area contributed by atoms with Gasteiger partial charge >= 0.3 is 5.97 Å². The Kier molecular flexibility index (Phi) is 6.72. The fourth-order valence-electron chi connectivity index (χ4n) is 1.57. The van der Waals surface area contributed by atoms with Crippen molar-refractivity contribution >= 4 is 11.9 Å². The summed E-state index contributed by atoms with van der Waals surface area (Å²) in [5.74, 6) is 0.219. The van der Waals surface area contributed by atoms with Gasteiger partial charge in [-0.2, -0.15) is 0 Å². The van der Waals surface area contributed by atoms with Gasteiger partial charge in [-0.05, 0) is 32.9 Å². The number of hydrogen-bond donors (Lipinski definition) is 1. The third-order valence-corrected chi connectivity index (χ3v) is 2.41. The zero-order valence-corrected chi connectivity index (χ0v) is 12.8. The summed E-state index contributed by atoms with van der Waals surface area (Å²) in [4.78, 5) is 23.0. The number of nitrogens with one attached hydrogen (secondary N) is 1. The first kappa shape index (κ1) is 17.0.